The molecule has 4 aromatic carbocycles. The fourth-order valence-corrected chi connectivity index (χ4v) is 17.2. The van der Waals surface area contributed by atoms with Crippen molar-refractivity contribution < 1.29 is 160 Å². The molecule has 808 valence electrons. The minimum absolute atomic E-state index is 0.00770. The van der Waals surface area contributed by atoms with Crippen molar-refractivity contribution in [1.29, 1.82) is 0 Å². The number of urea groups is 1. The number of nitrogens with two attached hydrogens (primary N) is 1. The molecule has 0 saturated heterocycles. The molecule has 45 heteroatoms. The van der Waals surface area contributed by atoms with Gasteiger partial charge in [0.25, 0.3) is 5.56 Å². The summed E-state index contributed by atoms with van der Waals surface area (Å²) in [5.74, 6) is -4.62. The second kappa shape index (κ2) is 62.0. The fourth-order valence-electron chi connectivity index (χ4n) is 17.2. The third-order valence-electron chi connectivity index (χ3n) is 25.3. The van der Waals surface area contributed by atoms with Crippen LogP contribution in [0.2, 0.25) is 0 Å². The van der Waals surface area contributed by atoms with Gasteiger partial charge in [-0.2, -0.15) is 0 Å². The first kappa shape index (κ1) is 117. The lowest BCUT2D eigenvalue weighted by molar-refractivity contribution is -0.172. The SMILES string of the molecule is CC[C@@]1(O)C(=O)OCc2c1cc1n(c2=O)Cc2c-1nc1cc(F)c(C)c3c1c2[C@@H](NC(=O)OCc1ccc(NC(=O)[C@H](CCCNC(N)=O)NC(=O)[C@@H](NC(=O)[C@H](CCCCNC(=O)CCOCCOCCOCCOCCOCCOCCOCCOCCOCCOCCOCCOCCN(C[C@H](O)[C@@H](O)[C@H](O)CO)C[C@H](O)[C@@H](O)[C@H](O)CO)NC(=O)OCC2c4ccccc4-c4ccccc42)C(C)C)cc1)CC3. The predicted molar refractivity (Wildman–Crippen MR) is 524 cm³/mol. The molecule has 2 aliphatic heterocycles. The van der Waals surface area contributed by atoms with Crippen molar-refractivity contribution in [3.63, 3.8) is 0 Å². The van der Waals surface area contributed by atoms with Gasteiger partial charge in [0.1, 0.15) is 68.2 Å². The van der Waals surface area contributed by atoms with E-state index in [4.69, 9.17) is 92.0 Å². The number of halogens is 1. The molecule has 4 aliphatic rings. The largest absolute Gasteiger partial charge is 0.458 e. The van der Waals surface area contributed by atoms with Crippen LogP contribution in [0.15, 0.2) is 89.7 Å². The number of aromatic nitrogens is 2. The Kier molecular flexibility index (Phi) is 49.9. The van der Waals surface area contributed by atoms with Crippen LogP contribution >= 0.6 is 0 Å². The molecule has 0 saturated carbocycles. The number of hydrogen-bond acceptors (Lipinski definition) is 35. The average molecular weight is 2060 g/mol. The molecule has 44 nitrogen and oxygen atoms in total. The van der Waals surface area contributed by atoms with Crippen molar-refractivity contribution in [3.8, 4) is 22.5 Å². The second-order valence-electron chi connectivity index (χ2n) is 35.9. The number of unbranched alkanes of at least 4 members (excludes halogenated alkanes) is 1. The number of aliphatic hydroxyl groups is 9. The summed E-state index contributed by atoms with van der Waals surface area (Å²) in [4.78, 5) is 129. The topological polar surface area (TPSA) is 605 Å². The summed E-state index contributed by atoms with van der Waals surface area (Å²) < 4.78 is 101. The van der Waals surface area contributed by atoms with E-state index in [0.717, 1.165) is 22.3 Å². The zero-order valence-corrected chi connectivity index (χ0v) is 83.2. The van der Waals surface area contributed by atoms with Crippen LogP contribution in [0.3, 0.4) is 0 Å². The summed E-state index contributed by atoms with van der Waals surface area (Å²) in [6, 6.07) is 19.7. The Balaban J connectivity index is 0.562. The van der Waals surface area contributed by atoms with Crippen LogP contribution in [0.25, 0.3) is 33.4 Å². The number of anilines is 1. The van der Waals surface area contributed by atoms with E-state index in [1.54, 1.807) is 58.0 Å². The number of primary amides is 1. The summed E-state index contributed by atoms with van der Waals surface area (Å²) in [5, 5.41) is 110. The number of fused-ring (bicyclic) bond motifs is 8. The van der Waals surface area contributed by atoms with Crippen molar-refractivity contribution in [2.75, 3.05) is 216 Å². The lowest BCUT2D eigenvalue weighted by Gasteiger charge is -2.32. The number of esters is 1. The average Bonchev–Trinajstić information content (AvgIpc) is 1.54. The van der Waals surface area contributed by atoms with Gasteiger partial charge < -0.3 is 165 Å². The molecule has 11 atom stereocenters. The predicted octanol–water partition coefficient (Wildman–Crippen LogP) is 1.69. The Morgan fingerprint density at radius 1 is 0.575 bits per heavy atom. The molecule has 18 N–H and O–H groups in total. The van der Waals surface area contributed by atoms with Crippen LogP contribution in [0.5, 0.6) is 0 Å². The standard InChI is InChI=1S/C101H144FN11O33/c1-5-101(131)75-53-81-90-72(55-113(81)96(126)74(75)62-144-97(101)127)88-77(24-23-67-64(4)76(102)54-80(107-90)87(67)88)109-99(129)145-60-65-19-21-66(22-20-65)106-93(123)78(18-12-27-105-98(103)128)108-95(125)89(63(2)3)111-94(124)79(110-100(130)146-61-73-70-15-8-6-13-68(70)69-14-7-9-16-71(69)73)17-10-11-26-104-86(120)25-29-132-31-33-134-35-37-136-39-41-138-43-45-140-47-49-142-51-52-143-50-48-141-46-44-139-42-40-137-38-36-135-34-32-133-30-28-112(56-82(116)91(121)84(118)58-114)57-83(117)92(122)85(119)59-115/h6-9,13-16,19-22,53-54,63,73,77-79,82-85,89,91-92,114-119,121-122,131H,5,10-12,17-18,23-52,55-62H2,1-4H3,(H,104,120)(H,106,123)(H,108,125)(H,109,129)(H,110,130)(H,111,124)(H3,103,105,128)/t77-,78-,79-,82-,83-,84+,85+,89-,91+,92+,101-/m0/s1. The van der Waals surface area contributed by atoms with E-state index in [-0.39, 0.29) is 154 Å². The number of nitrogens with zero attached hydrogens (tertiary/aromatic N) is 3. The monoisotopic (exact) mass is 2060 g/mol. The van der Waals surface area contributed by atoms with Gasteiger partial charge in [-0.1, -0.05) is 81.4 Å². The van der Waals surface area contributed by atoms with Crippen LogP contribution in [0.1, 0.15) is 134 Å². The number of benzene rings is 4. The van der Waals surface area contributed by atoms with Crippen LogP contribution in [0, 0.1) is 18.7 Å². The molecule has 2 aromatic heterocycles. The quantitative estimate of drug-likeness (QED) is 0.0146. The van der Waals surface area contributed by atoms with Crippen molar-refractivity contribution in [2.45, 2.75) is 178 Å². The number of ether oxygens (including phenoxy) is 15. The van der Waals surface area contributed by atoms with Gasteiger partial charge in [0.2, 0.25) is 23.6 Å². The number of rotatable bonds is 72. The number of aryl methyl sites for hydroxylation is 1. The molecule has 4 heterocycles. The van der Waals surface area contributed by atoms with Gasteiger partial charge in [-0.05, 0) is 127 Å². The smallest absolute Gasteiger partial charge is 0.407 e. The second-order valence-corrected chi connectivity index (χ2v) is 35.9. The Bertz CT molecular complexity index is 5120. The summed E-state index contributed by atoms with van der Waals surface area (Å²) >= 11 is 0. The van der Waals surface area contributed by atoms with E-state index in [0.29, 0.717) is 200 Å². The molecular formula is C101H144FN11O33. The highest BCUT2D eigenvalue weighted by Gasteiger charge is 2.47. The highest BCUT2D eigenvalue weighted by molar-refractivity contribution is 5.99. The molecule has 6 aromatic rings. The van der Waals surface area contributed by atoms with Crippen molar-refractivity contribution >= 4 is 64.4 Å². The van der Waals surface area contributed by atoms with Gasteiger partial charge in [0.05, 0.1) is 219 Å². The van der Waals surface area contributed by atoms with Gasteiger partial charge in [-0.15, -0.1) is 0 Å². The van der Waals surface area contributed by atoms with Crippen LogP contribution < -0.4 is 48.5 Å². The van der Waals surface area contributed by atoms with Gasteiger partial charge >= 0.3 is 24.2 Å². The molecule has 2 aliphatic carbocycles. The van der Waals surface area contributed by atoms with E-state index in [1.807, 2.05) is 48.5 Å². The molecular weight excluding hydrogens is 1910 g/mol. The fraction of sp³-hybridized carbons (Fsp3) is 0.604. The summed E-state index contributed by atoms with van der Waals surface area (Å²) in [5.41, 5.74) is 11.2. The molecule has 146 heavy (non-hydrogen) atoms. The normalized spacial score (nSPS) is 16.4. The Labute approximate surface area is 846 Å². The van der Waals surface area contributed by atoms with E-state index < -0.39 is 139 Å². The summed E-state index contributed by atoms with van der Waals surface area (Å²) in [6.07, 6.45) is -9.66. The highest BCUT2D eigenvalue weighted by Crippen LogP contribution is 2.48. The van der Waals surface area contributed by atoms with Gasteiger partial charge in [-0.3, -0.25) is 28.9 Å². The molecule has 0 spiro atoms. The first-order valence-electron chi connectivity index (χ1n) is 49.7. The number of hydrogen-bond donors (Lipinski definition) is 17. The third kappa shape index (κ3) is 35.6. The number of nitrogens with one attached hydrogen (secondary N) is 7. The van der Waals surface area contributed by atoms with Crippen molar-refractivity contribution in [1.82, 2.24) is 46.4 Å². The molecule has 0 unspecified atom stereocenters. The van der Waals surface area contributed by atoms with E-state index in [1.165, 1.54) is 15.5 Å². The zero-order valence-electron chi connectivity index (χ0n) is 83.2. The van der Waals surface area contributed by atoms with Gasteiger partial charge in [0, 0.05) is 73.3 Å². The number of cyclic esters (lactones) is 1. The van der Waals surface area contributed by atoms with Gasteiger partial charge in [0.15, 0.2) is 5.60 Å². The minimum Gasteiger partial charge on any atom is -0.458 e. The number of alkyl carbamates (subject to hydrolysis) is 2. The van der Waals surface area contributed by atoms with Crippen LogP contribution in [0.4, 0.5) is 24.5 Å². The van der Waals surface area contributed by atoms with Gasteiger partial charge in [-0.25, -0.2) is 28.6 Å². The lowest BCUT2D eigenvalue weighted by atomic mass is 9.81. The van der Waals surface area contributed by atoms with E-state index >= 15 is 4.39 Å². The van der Waals surface area contributed by atoms with Crippen molar-refractivity contribution in [2.24, 2.45) is 11.7 Å². The number of aliphatic hydroxyl groups excluding tert-OH is 8. The Morgan fingerprint density at radius 2 is 1.08 bits per heavy atom. The minimum atomic E-state index is -2.08. The van der Waals surface area contributed by atoms with E-state index in [9.17, 15) is 78.9 Å². The first-order valence-corrected chi connectivity index (χ1v) is 49.7. The highest BCUT2D eigenvalue weighted by atomic mass is 19.1. The summed E-state index contributed by atoms with van der Waals surface area (Å²) in [7, 11) is 0. The van der Waals surface area contributed by atoms with Crippen molar-refractivity contribution in [3.05, 3.63) is 151 Å². The lowest BCUT2D eigenvalue weighted by Crippen LogP contribution is -2.57. The maximum atomic E-state index is 15.6. The molecule has 8 amide bonds. The Morgan fingerprint density at radius 3 is 1.59 bits per heavy atom. The number of carbonyl (C=O) groups excluding carboxylic acids is 8. The Hall–Kier alpha value is -10.6. The third-order valence-corrected chi connectivity index (χ3v) is 25.3. The summed E-state index contributed by atoms with van der Waals surface area (Å²) in [6.45, 7) is 12.1. The molecule has 0 radical (unpaired) electrons. The molecule has 0 bridgehead atoms. The maximum Gasteiger partial charge on any atom is 0.407 e. The van der Waals surface area contributed by atoms with E-state index in [2.05, 4.69) is 37.2 Å². The number of carbonyl (C=O) groups is 8. The number of amides is 8. The first-order chi connectivity index (χ1) is 70.5. The maximum absolute atomic E-state index is 15.6. The molecule has 0 fully saturated rings. The van der Waals surface area contributed by atoms with Crippen LogP contribution in [-0.4, -0.2) is 374 Å². The van der Waals surface area contributed by atoms with Crippen LogP contribution in [-0.2, 0) is 127 Å². The number of pyridine rings is 2. The zero-order chi connectivity index (χ0) is 105. The molecule has 10 rings (SSSR count).